The fourth-order valence-corrected chi connectivity index (χ4v) is 2.44. The van der Waals surface area contributed by atoms with Gasteiger partial charge in [-0.3, -0.25) is 0 Å². The second-order valence-electron chi connectivity index (χ2n) is 5.53. The highest BCUT2D eigenvalue weighted by atomic mass is 16.5. The highest BCUT2D eigenvalue weighted by Crippen LogP contribution is 2.18. The molecule has 4 heteroatoms. The number of aryl methyl sites for hydroxylation is 1. The number of aromatic nitrogens is 3. The van der Waals surface area contributed by atoms with E-state index in [0.29, 0.717) is 0 Å². The van der Waals surface area contributed by atoms with Gasteiger partial charge in [0.05, 0.1) is 11.8 Å². The summed E-state index contributed by atoms with van der Waals surface area (Å²) in [4.78, 5) is 0. The topological polar surface area (TPSA) is 30.9 Å². The van der Waals surface area contributed by atoms with Gasteiger partial charge in [-0.05, 0) is 30.7 Å². The van der Waals surface area contributed by atoms with Crippen LogP contribution in [-0.4, -0.2) is 16.5 Å². The molecule has 0 aliphatic rings. The third-order valence-electron chi connectivity index (χ3n) is 3.76. The molecule has 0 saturated carbocycles. The predicted molar refractivity (Wildman–Crippen MR) is 90.6 cm³/mol. The summed E-state index contributed by atoms with van der Waals surface area (Å²) < 4.78 is 9.48. The summed E-state index contributed by atoms with van der Waals surface area (Å²) >= 11 is 0. The van der Waals surface area contributed by atoms with Crippen molar-refractivity contribution in [1.29, 1.82) is 0 Å². The van der Waals surface area contributed by atoms with Crippen LogP contribution in [0.1, 0.15) is 19.8 Å². The molecule has 0 amide bonds. The quantitative estimate of drug-likeness (QED) is 0.515. The smallest absolute Gasteiger partial charge is 0.197 e. The number of benzene rings is 2. The van der Waals surface area contributed by atoms with E-state index in [1.165, 1.54) is 0 Å². The molecule has 3 aromatic rings. The fourth-order valence-electron chi connectivity index (χ4n) is 2.44. The maximum absolute atomic E-state index is 5.70. The Kier molecular flexibility index (Phi) is 4.71. The first-order valence-electron chi connectivity index (χ1n) is 8.02. The third kappa shape index (κ3) is 3.59. The molecule has 0 aliphatic heterocycles. The molecule has 0 saturated heterocycles. The summed E-state index contributed by atoms with van der Waals surface area (Å²) in [6, 6.07) is 18.3. The first kappa shape index (κ1) is 15.3. The Hall–Kier alpha value is -2.62. The van der Waals surface area contributed by atoms with Gasteiger partial charge in [0.15, 0.2) is 17.6 Å². The van der Waals surface area contributed by atoms with Crippen molar-refractivity contribution in [2.75, 3.05) is 6.61 Å². The Bertz CT molecular complexity index is 748. The van der Waals surface area contributed by atoms with Crippen LogP contribution in [0.5, 0.6) is 5.75 Å². The molecule has 2 aromatic carbocycles. The van der Waals surface area contributed by atoms with E-state index in [1.54, 1.807) is 0 Å². The highest BCUT2D eigenvalue weighted by molar-refractivity contribution is 5.55. The molecule has 0 atom stereocenters. The van der Waals surface area contributed by atoms with Gasteiger partial charge in [0.2, 0.25) is 0 Å². The van der Waals surface area contributed by atoms with Crippen LogP contribution in [0, 0.1) is 0 Å². The largest absolute Gasteiger partial charge is 0.494 e. The highest BCUT2D eigenvalue weighted by Gasteiger charge is 2.15. The summed E-state index contributed by atoms with van der Waals surface area (Å²) in [5.41, 5.74) is 3.25. The van der Waals surface area contributed by atoms with E-state index in [1.807, 2.05) is 65.1 Å². The lowest BCUT2D eigenvalue weighted by Crippen LogP contribution is -2.33. The van der Waals surface area contributed by atoms with E-state index in [0.717, 1.165) is 42.1 Å². The lowest BCUT2D eigenvalue weighted by molar-refractivity contribution is -0.721. The maximum Gasteiger partial charge on any atom is 0.197 e. The van der Waals surface area contributed by atoms with Gasteiger partial charge >= 0.3 is 0 Å². The Morgan fingerprint density at radius 3 is 2.48 bits per heavy atom. The van der Waals surface area contributed by atoms with Crippen molar-refractivity contribution in [1.82, 2.24) is 9.90 Å². The van der Waals surface area contributed by atoms with E-state index < -0.39 is 0 Å². The zero-order chi connectivity index (χ0) is 16.1. The summed E-state index contributed by atoms with van der Waals surface area (Å²) in [5, 5.41) is 4.55. The van der Waals surface area contributed by atoms with Gasteiger partial charge < -0.3 is 4.74 Å². The minimum atomic E-state index is 0.769. The molecule has 0 aliphatic carbocycles. The zero-order valence-corrected chi connectivity index (χ0v) is 13.6. The standard InChI is InChI=1S/C19H22N3O/c1-3-4-14-23-18-12-10-17(11-13-18)22-15-19(21(2)20-22)16-8-6-5-7-9-16/h5-13,15H,3-4,14H2,1-2H3/q+1. The predicted octanol–water partition coefficient (Wildman–Crippen LogP) is 3.54. The van der Waals surface area contributed by atoms with E-state index in [9.17, 15) is 0 Å². The zero-order valence-electron chi connectivity index (χ0n) is 13.6. The lowest BCUT2D eigenvalue weighted by Gasteiger charge is -2.04. The fraction of sp³-hybridized carbons (Fsp3) is 0.263. The summed E-state index contributed by atoms with van der Waals surface area (Å²) in [5.74, 6) is 0.905. The molecular formula is C19H22N3O+. The summed E-state index contributed by atoms with van der Waals surface area (Å²) in [6.07, 6.45) is 4.27. The van der Waals surface area contributed by atoms with Crippen LogP contribution in [0.4, 0.5) is 0 Å². The molecule has 0 spiro atoms. The van der Waals surface area contributed by atoms with Crippen LogP contribution in [0.25, 0.3) is 16.9 Å². The van der Waals surface area contributed by atoms with Crippen LogP contribution in [0.3, 0.4) is 0 Å². The van der Waals surface area contributed by atoms with E-state index in [4.69, 9.17) is 4.74 Å². The molecule has 0 unspecified atom stereocenters. The van der Waals surface area contributed by atoms with E-state index >= 15 is 0 Å². The first-order valence-corrected chi connectivity index (χ1v) is 8.02. The van der Waals surface area contributed by atoms with Crippen molar-refractivity contribution < 1.29 is 9.42 Å². The Morgan fingerprint density at radius 2 is 1.78 bits per heavy atom. The summed E-state index contributed by atoms with van der Waals surface area (Å²) in [7, 11) is 1.96. The van der Waals surface area contributed by atoms with E-state index in [-0.39, 0.29) is 0 Å². The normalized spacial score (nSPS) is 10.7. The van der Waals surface area contributed by atoms with Crippen molar-refractivity contribution >= 4 is 0 Å². The Balaban J connectivity index is 1.80. The molecule has 118 valence electrons. The molecule has 0 N–H and O–H groups in total. The molecular weight excluding hydrogens is 286 g/mol. The number of hydrogen-bond acceptors (Lipinski definition) is 2. The van der Waals surface area contributed by atoms with Gasteiger partial charge in [0.25, 0.3) is 0 Å². The molecule has 3 rings (SSSR count). The molecule has 0 fully saturated rings. The number of ether oxygens (including phenoxy) is 1. The van der Waals surface area contributed by atoms with Crippen molar-refractivity contribution in [3.63, 3.8) is 0 Å². The SMILES string of the molecule is CCCCOc1ccc(-n2cc(-c3ccccc3)[n+](C)n2)cc1. The van der Waals surface area contributed by atoms with Gasteiger partial charge in [0, 0.05) is 5.56 Å². The molecule has 1 aromatic heterocycles. The van der Waals surface area contributed by atoms with Crippen LogP contribution < -0.4 is 9.42 Å². The first-order chi connectivity index (χ1) is 11.3. The second-order valence-corrected chi connectivity index (χ2v) is 5.53. The average molecular weight is 308 g/mol. The second kappa shape index (κ2) is 7.09. The summed E-state index contributed by atoms with van der Waals surface area (Å²) in [6.45, 7) is 2.93. The van der Waals surface area contributed by atoms with Crippen LogP contribution in [0.2, 0.25) is 0 Å². The Morgan fingerprint density at radius 1 is 1.04 bits per heavy atom. The monoisotopic (exact) mass is 308 g/mol. The minimum Gasteiger partial charge on any atom is -0.494 e. The molecule has 0 bridgehead atoms. The number of rotatable bonds is 6. The van der Waals surface area contributed by atoms with Crippen LogP contribution in [0.15, 0.2) is 60.8 Å². The van der Waals surface area contributed by atoms with Gasteiger partial charge in [-0.15, -0.1) is 9.36 Å². The Labute approximate surface area is 136 Å². The van der Waals surface area contributed by atoms with Crippen molar-refractivity contribution in [2.24, 2.45) is 7.05 Å². The van der Waals surface area contributed by atoms with Gasteiger partial charge in [0.1, 0.15) is 12.8 Å². The number of unbranched alkanes of at least 4 members (excludes halogenated alkanes) is 1. The van der Waals surface area contributed by atoms with Crippen LogP contribution >= 0.6 is 0 Å². The molecule has 1 heterocycles. The molecule has 0 radical (unpaired) electrons. The average Bonchev–Trinajstić information content (AvgIpc) is 2.98. The number of nitrogens with zero attached hydrogens (tertiary/aromatic N) is 3. The van der Waals surface area contributed by atoms with Gasteiger partial charge in [-0.1, -0.05) is 43.7 Å². The van der Waals surface area contributed by atoms with Crippen molar-refractivity contribution in [2.45, 2.75) is 19.8 Å². The maximum atomic E-state index is 5.70. The molecule has 4 nitrogen and oxygen atoms in total. The third-order valence-corrected chi connectivity index (χ3v) is 3.76. The number of hydrogen-bond donors (Lipinski definition) is 0. The minimum absolute atomic E-state index is 0.769. The van der Waals surface area contributed by atoms with Crippen molar-refractivity contribution in [3.8, 4) is 22.7 Å². The molecule has 23 heavy (non-hydrogen) atoms. The van der Waals surface area contributed by atoms with Gasteiger partial charge in [-0.2, -0.15) is 0 Å². The van der Waals surface area contributed by atoms with Gasteiger partial charge in [-0.25, -0.2) is 0 Å². The van der Waals surface area contributed by atoms with E-state index in [2.05, 4.69) is 24.3 Å². The van der Waals surface area contributed by atoms with Crippen LogP contribution in [-0.2, 0) is 7.05 Å². The lowest BCUT2D eigenvalue weighted by atomic mass is 10.2. The van der Waals surface area contributed by atoms with Crippen molar-refractivity contribution in [3.05, 3.63) is 60.8 Å².